The van der Waals surface area contributed by atoms with E-state index in [2.05, 4.69) is 0 Å². The minimum Gasteiger partial charge on any atom is -0.453 e. The zero-order valence-electron chi connectivity index (χ0n) is 13.8. The molecule has 2 heterocycles. The van der Waals surface area contributed by atoms with E-state index in [9.17, 15) is 14.0 Å². The number of Topliss-reactive ketones (excluding diaryl/α,β-unsaturated/α-hetero) is 1. The first kappa shape index (κ1) is 17.1. The van der Waals surface area contributed by atoms with Crippen LogP contribution in [-0.2, 0) is 4.74 Å². The van der Waals surface area contributed by atoms with Gasteiger partial charge in [-0.3, -0.25) is 4.79 Å². The number of ether oxygens (including phenoxy) is 1. The minimum atomic E-state index is -0.504. The Morgan fingerprint density at radius 2 is 1.88 bits per heavy atom. The quantitative estimate of drug-likeness (QED) is 0.504. The summed E-state index contributed by atoms with van der Waals surface area (Å²) in [6, 6.07) is 11.2. The van der Waals surface area contributed by atoms with Gasteiger partial charge >= 0.3 is 5.97 Å². The third kappa shape index (κ3) is 3.53. The summed E-state index contributed by atoms with van der Waals surface area (Å²) in [4.78, 5) is 24.8. The van der Waals surface area contributed by atoms with Crippen LogP contribution in [-0.4, -0.2) is 22.9 Å². The number of benzene rings is 1. The van der Waals surface area contributed by atoms with Crippen LogP contribution in [0.25, 0.3) is 5.69 Å². The molecule has 3 aromatic rings. The molecular formula is C19H16FNO3S. The maximum absolute atomic E-state index is 13.1. The summed E-state index contributed by atoms with van der Waals surface area (Å²) in [5.74, 6) is -1.09. The Morgan fingerprint density at radius 3 is 2.52 bits per heavy atom. The summed E-state index contributed by atoms with van der Waals surface area (Å²) in [6.07, 6.45) is 0. The zero-order valence-corrected chi connectivity index (χ0v) is 14.6. The Morgan fingerprint density at radius 1 is 1.16 bits per heavy atom. The van der Waals surface area contributed by atoms with Crippen LogP contribution in [0.1, 0.15) is 31.4 Å². The van der Waals surface area contributed by atoms with E-state index in [0.717, 1.165) is 17.1 Å². The van der Waals surface area contributed by atoms with E-state index in [1.54, 1.807) is 35.7 Å². The van der Waals surface area contributed by atoms with Crippen molar-refractivity contribution in [2.24, 2.45) is 0 Å². The number of hydrogen-bond acceptors (Lipinski definition) is 4. The average Bonchev–Trinajstić information content (AvgIpc) is 3.22. The number of rotatable bonds is 5. The molecule has 128 valence electrons. The number of thiophene rings is 1. The lowest BCUT2D eigenvalue weighted by molar-refractivity contribution is 0.0479. The Kier molecular flexibility index (Phi) is 4.81. The van der Waals surface area contributed by atoms with Crippen molar-refractivity contribution in [2.75, 3.05) is 6.61 Å². The van der Waals surface area contributed by atoms with Crippen LogP contribution in [0.4, 0.5) is 4.39 Å². The van der Waals surface area contributed by atoms with Gasteiger partial charge in [-0.25, -0.2) is 9.18 Å². The largest absolute Gasteiger partial charge is 0.453 e. The third-order valence-corrected chi connectivity index (χ3v) is 4.72. The summed E-state index contributed by atoms with van der Waals surface area (Å²) in [7, 11) is 0. The van der Waals surface area contributed by atoms with Gasteiger partial charge in [-0.15, -0.1) is 11.3 Å². The van der Waals surface area contributed by atoms with Crippen molar-refractivity contribution >= 4 is 23.1 Å². The van der Waals surface area contributed by atoms with Crippen LogP contribution in [0.2, 0.25) is 0 Å². The second-order valence-corrected chi connectivity index (χ2v) is 6.52. The highest BCUT2D eigenvalue weighted by atomic mass is 32.1. The van der Waals surface area contributed by atoms with Crippen LogP contribution in [0.3, 0.4) is 0 Å². The SMILES string of the molecule is Cc1cc(C(=O)COC(=O)c2cccs2)c(C)n1-c1ccc(F)cc1. The first-order valence-corrected chi connectivity index (χ1v) is 8.54. The van der Waals surface area contributed by atoms with Gasteiger partial charge in [0, 0.05) is 22.6 Å². The molecular weight excluding hydrogens is 341 g/mol. The van der Waals surface area contributed by atoms with Gasteiger partial charge in [0.25, 0.3) is 0 Å². The van der Waals surface area contributed by atoms with Crippen LogP contribution >= 0.6 is 11.3 Å². The molecule has 0 N–H and O–H groups in total. The zero-order chi connectivity index (χ0) is 18.0. The van der Waals surface area contributed by atoms with E-state index in [4.69, 9.17) is 4.74 Å². The molecule has 0 amide bonds. The first-order chi connectivity index (χ1) is 12.0. The van der Waals surface area contributed by atoms with Gasteiger partial charge < -0.3 is 9.30 Å². The summed E-state index contributed by atoms with van der Waals surface area (Å²) in [6.45, 7) is 3.36. The van der Waals surface area contributed by atoms with Gasteiger partial charge in [-0.1, -0.05) is 6.07 Å². The molecule has 0 saturated carbocycles. The summed E-state index contributed by atoms with van der Waals surface area (Å²) < 4.78 is 20.1. The second-order valence-electron chi connectivity index (χ2n) is 5.57. The number of hydrogen-bond donors (Lipinski definition) is 0. The van der Waals surface area contributed by atoms with Gasteiger partial charge in [-0.2, -0.15) is 0 Å². The number of aryl methyl sites for hydroxylation is 1. The fraction of sp³-hybridized carbons (Fsp3) is 0.158. The molecule has 4 nitrogen and oxygen atoms in total. The molecule has 0 unspecified atom stereocenters. The van der Waals surface area contributed by atoms with Crippen molar-refractivity contribution in [3.8, 4) is 5.69 Å². The number of carbonyl (C=O) groups is 2. The molecule has 0 spiro atoms. The van der Waals surface area contributed by atoms with Gasteiger partial charge in [0.2, 0.25) is 5.78 Å². The van der Waals surface area contributed by atoms with Crippen LogP contribution < -0.4 is 0 Å². The number of ketones is 1. The topological polar surface area (TPSA) is 48.3 Å². The predicted octanol–water partition coefficient (Wildman–Crippen LogP) is 4.33. The van der Waals surface area contributed by atoms with E-state index >= 15 is 0 Å². The van der Waals surface area contributed by atoms with Crippen molar-refractivity contribution in [1.29, 1.82) is 0 Å². The summed E-state index contributed by atoms with van der Waals surface area (Å²) in [5, 5.41) is 1.77. The number of halogens is 1. The monoisotopic (exact) mass is 357 g/mol. The fourth-order valence-corrected chi connectivity index (χ4v) is 3.32. The van der Waals surface area contributed by atoms with Gasteiger partial charge in [0.15, 0.2) is 6.61 Å². The van der Waals surface area contributed by atoms with Crippen molar-refractivity contribution in [1.82, 2.24) is 4.57 Å². The highest BCUT2D eigenvalue weighted by molar-refractivity contribution is 7.11. The highest BCUT2D eigenvalue weighted by Gasteiger charge is 2.19. The first-order valence-electron chi connectivity index (χ1n) is 7.66. The maximum Gasteiger partial charge on any atom is 0.348 e. The smallest absolute Gasteiger partial charge is 0.348 e. The Hall–Kier alpha value is -2.73. The van der Waals surface area contributed by atoms with Crippen molar-refractivity contribution < 1.29 is 18.7 Å². The number of carbonyl (C=O) groups excluding carboxylic acids is 2. The molecule has 0 radical (unpaired) electrons. The predicted molar refractivity (Wildman–Crippen MR) is 94.1 cm³/mol. The van der Waals surface area contributed by atoms with E-state index < -0.39 is 5.97 Å². The summed E-state index contributed by atoms with van der Waals surface area (Å²) >= 11 is 1.27. The molecule has 0 bridgehead atoms. The molecule has 25 heavy (non-hydrogen) atoms. The average molecular weight is 357 g/mol. The van der Waals surface area contributed by atoms with E-state index in [-0.39, 0.29) is 18.2 Å². The molecule has 6 heteroatoms. The molecule has 0 saturated heterocycles. The van der Waals surface area contributed by atoms with Crippen LogP contribution in [0.5, 0.6) is 0 Å². The van der Waals surface area contributed by atoms with Crippen LogP contribution in [0, 0.1) is 19.7 Å². The molecule has 2 aromatic heterocycles. The lowest BCUT2D eigenvalue weighted by Crippen LogP contribution is -2.14. The molecule has 0 fully saturated rings. The normalized spacial score (nSPS) is 10.7. The highest BCUT2D eigenvalue weighted by Crippen LogP contribution is 2.22. The molecule has 0 aliphatic carbocycles. The van der Waals surface area contributed by atoms with Gasteiger partial charge in [0.05, 0.1) is 0 Å². The Balaban J connectivity index is 1.78. The number of esters is 1. The number of nitrogens with zero attached hydrogens (tertiary/aromatic N) is 1. The van der Waals surface area contributed by atoms with Crippen molar-refractivity contribution in [3.63, 3.8) is 0 Å². The Labute approximate surface area is 148 Å². The second kappa shape index (κ2) is 7.03. The summed E-state index contributed by atoms with van der Waals surface area (Å²) in [5.41, 5.74) is 2.82. The van der Waals surface area contributed by atoms with Crippen molar-refractivity contribution in [2.45, 2.75) is 13.8 Å². The number of aromatic nitrogens is 1. The molecule has 0 aliphatic heterocycles. The standard InChI is InChI=1S/C19H16FNO3S/c1-12-10-16(13(2)21(12)15-7-5-14(20)6-8-15)17(22)11-24-19(23)18-4-3-9-25-18/h3-10H,11H2,1-2H3. The molecule has 0 aliphatic rings. The maximum atomic E-state index is 13.1. The molecule has 3 rings (SSSR count). The van der Waals surface area contributed by atoms with Crippen molar-refractivity contribution in [3.05, 3.63) is 75.5 Å². The molecule has 1 aromatic carbocycles. The third-order valence-electron chi connectivity index (χ3n) is 3.87. The lowest BCUT2D eigenvalue weighted by atomic mass is 10.1. The lowest BCUT2D eigenvalue weighted by Gasteiger charge is -2.10. The van der Waals surface area contributed by atoms with E-state index in [0.29, 0.717) is 10.4 Å². The van der Waals surface area contributed by atoms with Crippen LogP contribution in [0.15, 0.2) is 47.8 Å². The van der Waals surface area contributed by atoms with E-state index in [1.807, 2.05) is 18.4 Å². The van der Waals surface area contributed by atoms with E-state index in [1.165, 1.54) is 23.5 Å². The van der Waals surface area contributed by atoms with Gasteiger partial charge in [0.1, 0.15) is 10.7 Å². The molecule has 0 atom stereocenters. The minimum absolute atomic E-state index is 0.272. The van der Waals surface area contributed by atoms with Gasteiger partial charge in [-0.05, 0) is 55.6 Å². The Bertz CT molecular complexity index is 911. The fourth-order valence-electron chi connectivity index (χ4n) is 2.71.